The minimum Gasteiger partial charge on any atom is -0.378 e. The Kier molecular flexibility index (Phi) is 10.8. The molecule has 0 aliphatic carbocycles. The van der Waals surface area contributed by atoms with Crippen molar-refractivity contribution < 1.29 is 52.1 Å². The maximum atomic E-state index is 13.6. The van der Waals surface area contributed by atoms with Crippen molar-refractivity contribution in [2.24, 2.45) is 0 Å². The average Bonchev–Trinajstić information content (AvgIpc) is 2.95. The van der Waals surface area contributed by atoms with Crippen LogP contribution in [0, 0.1) is 0 Å². The zero-order chi connectivity index (χ0) is 31.9. The fourth-order valence-electron chi connectivity index (χ4n) is 3.00. The highest BCUT2D eigenvalue weighted by atomic mass is 32.2. The van der Waals surface area contributed by atoms with Crippen LogP contribution in [-0.2, 0) is 10.1 Å². The van der Waals surface area contributed by atoms with Gasteiger partial charge in [0.2, 0.25) is 0 Å². The van der Waals surface area contributed by atoms with Gasteiger partial charge < -0.3 is 4.18 Å². The first-order valence-electron chi connectivity index (χ1n) is 11.7. The van der Waals surface area contributed by atoms with Crippen molar-refractivity contribution in [2.75, 3.05) is 0 Å². The highest BCUT2D eigenvalue weighted by Crippen LogP contribution is 2.55. The van der Waals surface area contributed by atoms with Gasteiger partial charge in [0.05, 0.1) is 0 Å². The lowest BCUT2D eigenvalue weighted by atomic mass is 10.1. The molecule has 0 unspecified atom stereocenters. The van der Waals surface area contributed by atoms with E-state index in [0.717, 1.165) is 40.9 Å². The molecule has 3 nitrogen and oxygen atoms in total. The molecule has 0 fully saturated rings. The van der Waals surface area contributed by atoms with Gasteiger partial charge in [-0.05, 0) is 60.7 Å². The molecule has 4 rings (SSSR count). The summed E-state index contributed by atoms with van der Waals surface area (Å²) in [6, 6.07) is 33.1. The van der Waals surface area contributed by atoms with E-state index in [1.807, 2.05) is 12.1 Å². The highest BCUT2D eigenvalue weighted by molar-refractivity contribution is 7.99. The van der Waals surface area contributed by atoms with Crippen LogP contribution in [0.4, 0.5) is 39.5 Å². The first-order valence-corrected chi connectivity index (χ1v) is 14.8. The largest absolute Gasteiger partial charge is 0.460 e. The molecule has 0 saturated heterocycles. The molecule has 0 aliphatic rings. The second-order valence-electron chi connectivity index (χ2n) is 8.32. The van der Waals surface area contributed by atoms with Gasteiger partial charge in [-0.25, -0.2) is 0 Å². The molecule has 43 heavy (non-hydrogen) atoms. The maximum Gasteiger partial charge on any atom is 0.460 e. The van der Waals surface area contributed by atoms with Crippen LogP contribution < -0.4 is 4.18 Å². The van der Waals surface area contributed by atoms with Gasteiger partial charge >= 0.3 is 33.4 Å². The molecule has 4 aromatic carbocycles. The van der Waals surface area contributed by atoms with Crippen molar-refractivity contribution in [3.63, 3.8) is 0 Å². The van der Waals surface area contributed by atoms with Crippen molar-refractivity contribution in [3.8, 4) is 5.75 Å². The Hall–Kier alpha value is -3.30. The SMILES string of the molecule is O=S(=O)(Oc1ccc(Sc2ccccc2)cc1)C(F)(F)C(F)(F)C(F)(F)C(F)(F)F.c1ccc(Sc2ccccc2)cc1. The van der Waals surface area contributed by atoms with Gasteiger partial charge in [0.15, 0.2) is 0 Å². The smallest absolute Gasteiger partial charge is 0.378 e. The quantitative estimate of drug-likeness (QED) is 0.131. The number of hydrogen-bond donors (Lipinski definition) is 0. The van der Waals surface area contributed by atoms with E-state index < -0.39 is 39.1 Å². The van der Waals surface area contributed by atoms with Gasteiger partial charge in [0.1, 0.15) is 5.75 Å². The van der Waals surface area contributed by atoms with E-state index in [1.54, 1.807) is 42.1 Å². The summed E-state index contributed by atoms with van der Waals surface area (Å²) in [6.07, 6.45) is -7.15. The number of benzene rings is 4. The Morgan fingerprint density at radius 2 is 0.791 bits per heavy atom. The normalized spacial score (nSPS) is 12.7. The Bertz CT molecular complexity index is 1510. The minimum absolute atomic E-state index is 0.423. The van der Waals surface area contributed by atoms with Crippen molar-refractivity contribution in [2.45, 2.75) is 42.9 Å². The summed E-state index contributed by atoms with van der Waals surface area (Å²) in [5.74, 6) is -15.7. The van der Waals surface area contributed by atoms with Gasteiger partial charge in [-0.2, -0.15) is 47.9 Å². The lowest BCUT2D eigenvalue weighted by molar-refractivity contribution is -0.382. The molecule has 0 N–H and O–H groups in total. The number of hydrogen-bond acceptors (Lipinski definition) is 5. The monoisotopic (exact) mass is 670 g/mol. The summed E-state index contributed by atoms with van der Waals surface area (Å²) in [4.78, 5) is 3.72. The van der Waals surface area contributed by atoms with E-state index in [1.165, 1.54) is 9.79 Å². The summed E-state index contributed by atoms with van der Waals surface area (Å²) >= 11 is 2.92. The fourth-order valence-corrected chi connectivity index (χ4v) is 5.61. The standard InChI is InChI=1S/C16H9F9O3S2.C12H10S/c17-13(18,15(21,22)23)14(19,20)16(24,25)30(26,27)28-10-6-8-12(9-7-10)29-11-4-2-1-3-5-11;1-3-7-11(8-4-1)13-12-9-5-2-6-10-12/h1-9H;1-10H. The molecule has 0 spiro atoms. The molecular formula is C28H19F9O3S3. The molecule has 0 heterocycles. The third-order valence-electron chi connectivity index (χ3n) is 5.16. The number of rotatable bonds is 9. The van der Waals surface area contributed by atoms with Crippen LogP contribution >= 0.6 is 23.5 Å². The Labute approximate surface area is 249 Å². The van der Waals surface area contributed by atoms with E-state index in [4.69, 9.17) is 0 Å². The predicted molar refractivity (Wildman–Crippen MR) is 144 cm³/mol. The zero-order valence-electron chi connectivity index (χ0n) is 21.3. The van der Waals surface area contributed by atoms with Crippen LogP contribution in [0.5, 0.6) is 5.75 Å². The Morgan fingerprint density at radius 1 is 0.465 bits per heavy atom. The summed E-state index contributed by atoms with van der Waals surface area (Å²) < 4.78 is 142. The summed E-state index contributed by atoms with van der Waals surface area (Å²) in [7, 11) is -6.96. The van der Waals surface area contributed by atoms with Gasteiger partial charge in [0, 0.05) is 19.6 Å². The first kappa shape index (κ1) is 34.2. The minimum atomic E-state index is -7.35. The third kappa shape index (κ3) is 8.21. The predicted octanol–water partition coefficient (Wildman–Crippen LogP) is 9.81. The van der Waals surface area contributed by atoms with E-state index in [9.17, 15) is 47.9 Å². The van der Waals surface area contributed by atoms with Crippen LogP contribution in [0.2, 0.25) is 0 Å². The van der Waals surface area contributed by atoms with Gasteiger partial charge in [-0.1, -0.05) is 78.1 Å². The molecule has 0 aliphatic heterocycles. The van der Waals surface area contributed by atoms with Gasteiger partial charge in [-0.3, -0.25) is 0 Å². The molecule has 230 valence electrons. The lowest BCUT2D eigenvalue weighted by Crippen LogP contribution is -2.63. The zero-order valence-corrected chi connectivity index (χ0v) is 23.8. The van der Waals surface area contributed by atoms with Gasteiger partial charge in [-0.15, -0.1) is 0 Å². The van der Waals surface area contributed by atoms with E-state index in [0.29, 0.717) is 4.90 Å². The summed E-state index contributed by atoms with van der Waals surface area (Å²) in [5.41, 5.74) is 0. The van der Waals surface area contributed by atoms with E-state index >= 15 is 0 Å². The Balaban J connectivity index is 0.000000321. The maximum absolute atomic E-state index is 13.6. The molecule has 0 amide bonds. The summed E-state index contributed by atoms with van der Waals surface area (Å²) in [5, 5.41) is -6.91. The molecule has 15 heteroatoms. The molecule has 0 radical (unpaired) electrons. The molecule has 0 bridgehead atoms. The second kappa shape index (κ2) is 13.6. The molecular weight excluding hydrogens is 651 g/mol. The topological polar surface area (TPSA) is 43.4 Å². The van der Waals surface area contributed by atoms with Crippen LogP contribution in [0.3, 0.4) is 0 Å². The Morgan fingerprint density at radius 3 is 1.12 bits per heavy atom. The third-order valence-corrected chi connectivity index (χ3v) is 8.49. The fraction of sp³-hybridized carbons (Fsp3) is 0.143. The second-order valence-corrected chi connectivity index (χ2v) is 12.2. The van der Waals surface area contributed by atoms with Crippen LogP contribution in [0.25, 0.3) is 0 Å². The average molecular weight is 671 g/mol. The molecule has 4 aromatic rings. The summed E-state index contributed by atoms with van der Waals surface area (Å²) in [6.45, 7) is 0. The lowest BCUT2D eigenvalue weighted by Gasteiger charge is -2.32. The van der Waals surface area contributed by atoms with Crippen molar-refractivity contribution >= 4 is 33.6 Å². The number of halogens is 9. The molecule has 0 atom stereocenters. The van der Waals surface area contributed by atoms with Crippen molar-refractivity contribution in [1.29, 1.82) is 0 Å². The molecule has 0 saturated carbocycles. The van der Waals surface area contributed by atoms with Gasteiger partial charge in [0.25, 0.3) is 0 Å². The van der Waals surface area contributed by atoms with Crippen LogP contribution in [0.15, 0.2) is 135 Å². The van der Waals surface area contributed by atoms with E-state index in [2.05, 4.69) is 52.7 Å². The highest BCUT2D eigenvalue weighted by Gasteiger charge is 2.86. The van der Waals surface area contributed by atoms with Crippen molar-refractivity contribution in [3.05, 3.63) is 115 Å². The first-order chi connectivity index (χ1) is 20.0. The molecule has 0 aromatic heterocycles. The van der Waals surface area contributed by atoms with Crippen molar-refractivity contribution in [1.82, 2.24) is 0 Å². The number of alkyl halides is 9. The van der Waals surface area contributed by atoms with E-state index in [-0.39, 0.29) is 0 Å². The van der Waals surface area contributed by atoms with Crippen LogP contribution in [-0.4, -0.2) is 31.7 Å². The van der Waals surface area contributed by atoms with Crippen LogP contribution in [0.1, 0.15) is 0 Å².